The number of halogens is 3. The quantitative estimate of drug-likeness (QED) is 0.833. The van der Waals surface area contributed by atoms with Gasteiger partial charge >= 0.3 is 5.76 Å². The van der Waals surface area contributed by atoms with Crippen LogP contribution in [0.3, 0.4) is 0 Å². The van der Waals surface area contributed by atoms with Crippen molar-refractivity contribution in [2.45, 2.75) is 17.1 Å². The fraction of sp³-hybridized carbons (Fsp3) is 0.125. The Morgan fingerprint density at radius 3 is 2.16 bits per heavy atom. The molecule has 0 aromatic heterocycles. The van der Waals surface area contributed by atoms with Gasteiger partial charge in [-0.15, -0.1) is 0 Å². The molecule has 9 heteroatoms. The number of carbonyl (C=O) groups is 1. The Morgan fingerprint density at radius 1 is 1.00 bits per heavy atom. The second kappa shape index (κ2) is 6.32. The van der Waals surface area contributed by atoms with Crippen LogP contribution in [0.1, 0.15) is 12.0 Å². The highest BCUT2D eigenvalue weighted by molar-refractivity contribution is 7.91. The fourth-order valence-corrected chi connectivity index (χ4v) is 3.03. The maximum Gasteiger partial charge on any atom is 0.341 e. The van der Waals surface area contributed by atoms with Crippen molar-refractivity contribution in [2.75, 3.05) is 5.01 Å². The molecule has 0 fully saturated rings. The first kappa shape index (κ1) is 17.2. The highest BCUT2D eigenvalue weighted by Gasteiger charge is 2.29. The Balaban J connectivity index is 1.89. The van der Waals surface area contributed by atoms with Crippen LogP contribution in [0.4, 0.5) is 18.9 Å². The van der Waals surface area contributed by atoms with Crippen molar-refractivity contribution in [3.05, 3.63) is 59.9 Å². The van der Waals surface area contributed by atoms with E-state index >= 15 is 0 Å². The highest BCUT2D eigenvalue weighted by Crippen LogP contribution is 2.26. The summed E-state index contributed by atoms with van der Waals surface area (Å²) in [6.45, 7) is 0. The molecule has 1 aliphatic heterocycles. The van der Waals surface area contributed by atoms with E-state index in [1.165, 1.54) is 36.4 Å². The first-order valence-electron chi connectivity index (χ1n) is 7.07. The van der Waals surface area contributed by atoms with E-state index in [1.54, 1.807) is 0 Å². The maximum atomic E-state index is 13.0. The summed E-state index contributed by atoms with van der Waals surface area (Å²) < 4.78 is 60.8. The molecule has 25 heavy (non-hydrogen) atoms. The normalized spacial score (nSPS) is 15.0. The number of nitrogens with zero attached hydrogens (tertiary/aromatic N) is 2. The van der Waals surface area contributed by atoms with Gasteiger partial charge in [-0.05, 0) is 42.0 Å². The average molecular weight is 368 g/mol. The van der Waals surface area contributed by atoms with Gasteiger partial charge in [0.25, 0.3) is 5.91 Å². The number of sulfone groups is 1. The lowest BCUT2D eigenvalue weighted by molar-refractivity contribution is -0.116. The summed E-state index contributed by atoms with van der Waals surface area (Å²) in [5, 5.41) is 5.20. The SMILES string of the molecule is O=C1CC(c2ccc(F)cc2)=NN1c1ccc(S(=O)(=O)C(F)F)cc1. The number of rotatable bonds is 4. The topological polar surface area (TPSA) is 66.8 Å². The zero-order valence-corrected chi connectivity index (χ0v) is 13.4. The van der Waals surface area contributed by atoms with E-state index in [0.29, 0.717) is 11.3 Å². The number of anilines is 1. The summed E-state index contributed by atoms with van der Waals surface area (Å²) in [6.07, 6.45) is -0.0112. The smallest absolute Gasteiger partial charge is 0.272 e. The second-order valence-electron chi connectivity index (χ2n) is 5.24. The summed E-state index contributed by atoms with van der Waals surface area (Å²) in [5.41, 5.74) is 1.25. The molecule has 0 saturated heterocycles. The Labute approximate surface area is 141 Å². The summed E-state index contributed by atoms with van der Waals surface area (Å²) in [4.78, 5) is 11.6. The summed E-state index contributed by atoms with van der Waals surface area (Å²) in [6, 6.07) is 9.91. The third-order valence-electron chi connectivity index (χ3n) is 3.60. The second-order valence-corrected chi connectivity index (χ2v) is 7.15. The Kier molecular flexibility index (Phi) is 4.34. The molecule has 2 aromatic carbocycles. The minimum atomic E-state index is -4.70. The van der Waals surface area contributed by atoms with E-state index in [4.69, 9.17) is 0 Å². The first-order valence-corrected chi connectivity index (χ1v) is 8.62. The molecule has 2 aromatic rings. The molecule has 0 radical (unpaired) electrons. The largest absolute Gasteiger partial charge is 0.341 e. The molecular formula is C16H11F3N2O3S. The molecular weight excluding hydrogens is 357 g/mol. The maximum absolute atomic E-state index is 13.0. The van der Waals surface area contributed by atoms with Gasteiger partial charge in [0, 0.05) is 0 Å². The van der Waals surface area contributed by atoms with E-state index < -0.39 is 26.3 Å². The van der Waals surface area contributed by atoms with Gasteiger partial charge in [0.15, 0.2) is 0 Å². The van der Waals surface area contributed by atoms with Crippen molar-refractivity contribution in [2.24, 2.45) is 5.10 Å². The Morgan fingerprint density at radius 2 is 1.60 bits per heavy atom. The number of amides is 1. The van der Waals surface area contributed by atoms with Crippen LogP contribution in [0.2, 0.25) is 0 Å². The number of hydrazone groups is 1. The van der Waals surface area contributed by atoms with Crippen molar-refractivity contribution in [3.8, 4) is 0 Å². The van der Waals surface area contributed by atoms with Gasteiger partial charge in [0.1, 0.15) is 5.82 Å². The lowest BCUT2D eigenvalue weighted by Gasteiger charge is -2.12. The third-order valence-corrected chi connectivity index (χ3v) is 5.00. The number of alkyl halides is 2. The minimum absolute atomic E-state index is 0.0112. The summed E-state index contributed by atoms with van der Waals surface area (Å²) >= 11 is 0. The summed E-state index contributed by atoms with van der Waals surface area (Å²) in [5.74, 6) is -4.31. The molecule has 3 rings (SSSR count). The van der Waals surface area contributed by atoms with E-state index in [1.807, 2.05) is 0 Å². The highest BCUT2D eigenvalue weighted by atomic mass is 32.2. The zero-order chi connectivity index (χ0) is 18.2. The van der Waals surface area contributed by atoms with Crippen LogP contribution in [0.5, 0.6) is 0 Å². The predicted molar refractivity (Wildman–Crippen MR) is 84.7 cm³/mol. The number of carbonyl (C=O) groups excluding carboxylic acids is 1. The van der Waals surface area contributed by atoms with Crippen LogP contribution in [0.15, 0.2) is 58.5 Å². The molecule has 1 aliphatic rings. The Hall–Kier alpha value is -2.68. The van der Waals surface area contributed by atoms with Gasteiger partial charge < -0.3 is 0 Å². The molecule has 0 aliphatic carbocycles. The van der Waals surface area contributed by atoms with Crippen LogP contribution in [-0.2, 0) is 14.6 Å². The zero-order valence-electron chi connectivity index (χ0n) is 12.6. The van der Waals surface area contributed by atoms with Crippen LogP contribution >= 0.6 is 0 Å². The van der Waals surface area contributed by atoms with Gasteiger partial charge in [-0.1, -0.05) is 12.1 Å². The Bertz CT molecular complexity index is 940. The van der Waals surface area contributed by atoms with Crippen LogP contribution in [0.25, 0.3) is 0 Å². The fourth-order valence-electron chi connectivity index (χ4n) is 2.31. The van der Waals surface area contributed by atoms with E-state index in [-0.39, 0.29) is 18.0 Å². The van der Waals surface area contributed by atoms with E-state index in [0.717, 1.165) is 17.1 Å². The molecule has 1 heterocycles. The van der Waals surface area contributed by atoms with Gasteiger partial charge in [-0.25, -0.2) is 17.8 Å². The first-order chi connectivity index (χ1) is 11.8. The van der Waals surface area contributed by atoms with Crippen LogP contribution < -0.4 is 5.01 Å². The van der Waals surface area contributed by atoms with Crippen molar-refractivity contribution in [1.82, 2.24) is 0 Å². The van der Waals surface area contributed by atoms with Crippen molar-refractivity contribution in [1.29, 1.82) is 0 Å². The average Bonchev–Trinajstić information content (AvgIpc) is 2.97. The molecule has 5 nitrogen and oxygen atoms in total. The molecule has 1 amide bonds. The van der Waals surface area contributed by atoms with Gasteiger partial charge in [0.2, 0.25) is 9.84 Å². The monoisotopic (exact) mass is 368 g/mol. The van der Waals surface area contributed by atoms with Crippen molar-refractivity contribution >= 4 is 27.1 Å². The minimum Gasteiger partial charge on any atom is -0.272 e. The number of hydrogen-bond donors (Lipinski definition) is 0. The van der Waals surface area contributed by atoms with E-state index in [2.05, 4.69) is 5.10 Å². The van der Waals surface area contributed by atoms with Crippen molar-refractivity contribution in [3.63, 3.8) is 0 Å². The third kappa shape index (κ3) is 3.27. The van der Waals surface area contributed by atoms with Crippen molar-refractivity contribution < 1.29 is 26.4 Å². The lowest BCUT2D eigenvalue weighted by atomic mass is 10.1. The molecule has 0 atom stereocenters. The predicted octanol–water partition coefficient (Wildman–Crippen LogP) is 2.96. The van der Waals surface area contributed by atoms with Crippen LogP contribution in [-0.4, -0.2) is 25.8 Å². The summed E-state index contributed by atoms with van der Waals surface area (Å²) in [7, 11) is -4.70. The van der Waals surface area contributed by atoms with Crippen LogP contribution in [0, 0.1) is 5.82 Å². The molecule has 130 valence electrons. The molecule has 0 N–H and O–H groups in total. The standard InChI is InChI=1S/C16H11F3N2O3S/c17-11-3-1-10(2-4-11)14-9-15(22)21(20-14)12-5-7-13(8-6-12)25(23,24)16(18)19/h1-8,16H,9H2. The number of hydrogen-bond acceptors (Lipinski definition) is 4. The molecule has 0 unspecified atom stereocenters. The lowest BCUT2D eigenvalue weighted by Crippen LogP contribution is -2.19. The van der Waals surface area contributed by atoms with Gasteiger partial charge in [-0.3, -0.25) is 4.79 Å². The van der Waals surface area contributed by atoms with Gasteiger partial charge in [-0.2, -0.15) is 13.9 Å². The molecule has 0 bridgehead atoms. The van der Waals surface area contributed by atoms with E-state index in [9.17, 15) is 26.4 Å². The molecule has 0 saturated carbocycles. The molecule has 0 spiro atoms. The van der Waals surface area contributed by atoms with Gasteiger partial charge in [0.05, 0.1) is 22.7 Å². The number of benzene rings is 2.